The molecule has 3 aromatic carbocycles. The summed E-state index contributed by atoms with van der Waals surface area (Å²) in [5.74, 6) is 0.538. The Morgan fingerprint density at radius 3 is 2.26 bits per heavy atom. The molecule has 3 rings (SSSR count). The van der Waals surface area contributed by atoms with Crippen LogP contribution in [0.1, 0.15) is 11.1 Å². The molecule has 0 saturated carbocycles. The molecule has 3 aromatic rings. The van der Waals surface area contributed by atoms with Crippen molar-refractivity contribution in [3.63, 3.8) is 0 Å². The van der Waals surface area contributed by atoms with Crippen molar-refractivity contribution in [3.8, 4) is 5.75 Å². The highest BCUT2D eigenvalue weighted by Gasteiger charge is 2.10. The van der Waals surface area contributed by atoms with Crippen LogP contribution in [0, 0.1) is 0 Å². The maximum absolute atomic E-state index is 11.5. The zero-order valence-corrected chi connectivity index (χ0v) is 16.6. The van der Waals surface area contributed by atoms with E-state index >= 15 is 0 Å². The summed E-state index contributed by atoms with van der Waals surface area (Å²) in [5.41, 5.74) is 2.21. The lowest BCUT2D eigenvalue weighted by molar-refractivity contribution is 0.306. The molecule has 140 valence electrons. The summed E-state index contributed by atoms with van der Waals surface area (Å²) in [4.78, 5) is 0.261. The highest BCUT2D eigenvalue weighted by molar-refractivity contribution is 7.72. The molecule has 0 heterocycles. The van der Waals surface area contributed by atoms with E-state index in [1.54, 1.807) is 30.3 Å². The Balaban J connectivity index is 1.78. The normalized spacial score (nSPS) is 10.8. The fourth-order valence-electron chi connectivity index (χ4n) is 2.55. The summed E-state index contributed by atoms with van der Waals surface area (Å²) < 4.78 is 28.9. The van der Waals surface area contributed by atoms with Gasteiger partial charge in [-0.3, -0.25) is 0 Å². The van der Waals surface area contributed by atoms with Gasteiger partial charge in [0.1, 0.15) is 12.4 Å². The lowest BCUT2D eigenvalue weighted by Crippen LogP contribution is -2.04. The number of nitrogens with one attached hydrogen (secondary N) is 1. The van der Waals surface area contributed by atoms with E-state index in [9.17, 15) is 8.42 Å². The number of para-hydroxylation sites is 1. The maximum Gasteiger partial charge on any atom is 0.168 e. The van der Waals surface area contributed by atoms with Gasteiger partial charge in [-0.15, -0.1) is 0 Å². The van der Waals surface area contributed by atoms with Crippen LogP contribution < -0.4 is 10.1 Å². The lowest BCUT2D eigenvalue weighted by Gasteiger charge is -2.13. The fraction of sp³-hybridized carbons (Fsp3) is 0.100. The van der Waals surface area contributed by atoms with Crippen molar-refractivity contribution in [2.75, 3.05) is 5.32 Å². The number of anilines is 1. The van der Waals surface area contributed by atoms with Crippen LogP contribution in [-0.4, -0.2) is 8.42 Å². The van der Waals surface area contributed by atoms with Crippen LogP contribution in [0.15, 0.2) is 71.6 Å². The van der Waals surface area contributed by atoms with E-state index in [-0.39, 0.29) is 11.5 Å². The highest BCUT2D eigenvalue weighted by atomic mass is 35.5. The minimum atomic E-state index is -2.71. The predicted octanol–water partition coefficient (Wildman–Crippen LogP) is 5.15. The van der Waals surface area contributed by atoms with Gasteiger partial charge >= 0.3 is 0 Å². The molecule has 7 heteroatoms. The quantitative estimate of drug-likeness (QED) is 0.517. The van der Waals surface area contributed by atoms with Gasteiger partial charge in [0, 0.05) is 27.8 Å². The second-order valence-electron chi connectivity index (χ2n) is 5.76. The molecule has 0 saturated heterocycles. The van der Waals surface area contributed by atoms with Crippen molar-refractivity contribution in [1.29, 1.82) is 0 Å². The van der Waals surface area contributed by atoms with E-state index in [0.717, 1.165) is 5.69 Å². The van der Waals surface area contributed by atoms with Crippen molar-refractivity contribution in [3.05, 3.63) is 87.9 Å². The maximum atomic E-state index is 11.5. The van der Waals surface area contributed by atoms with Crippen LogP contribution in [-0.2, 0) is 23.9 Å². The number of halogens is 2. The number of ether oxygens (including phenoxy) is 1. The molecule has 0 unspecified atom stereocenters. The minimum absolute atomic E-state index is 0.187. The molecule has 0 atom stereocenters. The molecule has 0 spiro atoms. The van der Waals surface area contributed by atoms with E-state index in [2.05, 4.69) is 5.32 Å². The Bertz CT molecular complexity index is 979. The molecular formula is C20H17Cl2NO3S. The Hall–Kier alpha value is -2.21. The molecule has 0 amide bonds. The topological polar surface area (TPSA) is 55.4 Å². The first-order chi connectivity index (χ1) is 13.0. The Kier molecular flexibility index (Phi) is 6.61. The summed E-state index contributed by atoms with van der Waals surface area (Å²) in [7, 11) is -2.71. The first-order valence-corrected chi connectivity index (χ1v) is 10.1. The van der Waals surface area contributed by atoms with Gasteiger partial charge in [-0.05, 0) is 48.0 Å². The van der Waals surface area contributed by atoms with Gasteiger partial charge in [-0.25, -0.2) is 8.42 Å². The lowest BCUT2D eigenvalue weighted by atomic mass is 10.2. The average molecular weight is 422 g/mol. The second-order valence-corrected chi connectivity index (χ2v) is 7.57. The monoisotopic (exact) mass is 421 g/mol. The van der Waals surface area contributed by atoms with E-state index in [4.69, 9.17) is 27.9 Å². The number of hydrogen-bond donors (Lipinski definition) is 2. The van der Waals surface area contributed by atoms with E-state index in [1.165, 1.54) is 6.07 Å². The zero-order valence-electron chi connectivity index (χ0n) is 14.2. The number of hydrogen-bond acceptors (Lipinski definition) is 4. The number of thiol groups is 1. The van der Waals surface area contributed by atoms with Crippen LogP contribution in [0.4, 0.5) is 5.69 Å². The third kappa shape index (κ3) is 5.16. The van der Waals surface area contributed by atoms with Gasteiger partial charge in [-0.1, -0.05) is 47.5 Å². The van der Waals surface area contributed by atoms with Crippen molar-refractivity contribution in [1.82, 2.24) is 0 Å². The summed E-state index contributed by atoms with van der Waals surface area (Å²) >= 11 is 12.3. The van der Waals surface area contributed by atoms with Gasteiger partial charge in [0.2, 0.25) is 0 Å². The molecule has 1 N–H and O–H groups in total. The molecule has 0 aromatic heterocycles. The smallest absolute Gasteiger partial charge is 0.168 e. The van der Waals surface area contributed by atoms with Gasteiger partial charge in [0.05, 0.1) is 4.90 Å². The third-order valence-electron chi connectivity index (χ3n) is 3.95. The van der Waals surface area contributed by atoms with Crippen LogP contribution in [0.2, 0.25) is 10.0 Å². The summed E-state index contributed by atoms with van der Waals surface area (Å²) in [6, 6.07) is 19.7. The average Bonchev–Trinajstić information content (AvgIpc) is 2.66. The minimum Gasteiger partial charge on any atom is -0.489 e. The second kappa shape index (κ2) is 9.13. The Morgan fingerprint density at radius 2 is 1.59 bits per heavy atom. The zero-order chi connectivity index (χ0) is 19.2. The SMILES string of the molecule is O=[SH](=O)c1ccc(OCc2c(Cl)cccc2Cl)cc1CNc1ccccc1. The number of benzene rings is 3. The summed E-state index contributed by atoms with van der Waals surface area (Å²) in [6.07, 6.45) is 0. The third-order valence-corrected chi connectivity index (χ3v) is 5.49. The van der Waals surface area contributed by atoms with Gasteiger partial charge in [0.15, 0.2) is 10.7 Å². The van der Waals surface area contributed by atoms with Crippen molar-refractivity contribution in [2.24, 2.45) is 0 Å². The molecule has 0 radical (unpaired) electrons. The van der Waals surface area contributed by atoms with Crippen molar-refractivity contribution < 1.29 is 13.2 Å². The van der Waals surface area contributed by atoms with E-state index < -0.39 is 10.7 Å². The molecule has 4 nitrogen and oxygen atoms in total. The molecule has 0 bridgehead atoms. The fourth-order valence-corrected chi connectivity index (χ4v) is 3.63. The standard InChI is InChI=1S/C20H17Cl2NO3S/c21-18-7-4-8-19(22)17(18)13-26-16-9-10-20(27(24)25)14(11-16)12-23-15-5-2-1-3-6-15/h1-11,23,27H,12-13H2. The van der Waals surface area contributed by atoms with Crippen LogP contribution in [0.5, 0.6) is 5.75 Å². The first kappa shape index (κ1) is 19.5. The largest absolute Gasteiger partial charge is 0.489 e. The number of rotatable bonds is 7. The van der Waals surface area contributed by atoms with Gasteiger partial charge < -0.3 is 10.1 Å². The van der Waals surface area contributed by atoms with Crippen LogP contribution >= 0.6 is 23.2 Å². The molecule has 27 heavy (non-hydrogen) atoms. The van der Waals surface area contributed by atoms with Crippen LogP contribution in [0.25, 0.3) is 0 Å². The molecule has 0 fully saturated rings. The Morgan fingerprint density at radius 1 is 0.889 bits per heavy atom. The molecular weight excluding hydrogens is 405 g/mol. The van der Waals surface area contributed by atoms with E-state index in [1.807, 2.05) is 30.3 Å². The highest BCUT2D eigenvalue weighted by Crippen LogP contribution is 2.27. The van der Waals surface area contributed by atoms with Crippen molar-refractivity contribution >= 4 is 39.6 Å². The van der Waals surface area contributed by atoms with Gasteiger partial charge in [0.25, 0.3) is 0 Å². The van der Waals surface area contributed by atoms with Crippen LogP contribution in [0.3, 0.4) is 0 Å². The van der Waals surface area contributed by atoms with Gasteiger partial charge in [-0.2, -0.15) is 0 Å². The Labute approximate surface area is 169 Å². The molecule has 0 aliphatic rings. The molecule has 0 aliphatic carbocycles. The summed E-state index contributed by atoms with van der Waals surface area (Å²) in [5, 5.41) is 4.25. The summed E-state index contributed by atoms with van der Waals surface area (Å²) in [6.45, 7) is 0.541. The predicted molar refractivity (Wildman–Crippen MR) is 110 cm³/mol. The molecule has 0 aliphatic heterocycles. The van der Waals surface area contributed by atoms with E-state index in [0.29, 0.717) is 33.5 Å². The first-order valence-electron chi connectivity index (χ1n) is 8.16. The van der Waals surface area contributed by atoms with Crippen molar-refractivity contribution in [2.45, 2.75) is 18.0 Å².